The second-order valence-corrected chi connectivity index (χ2v) is 6.04. The monoisotopic (exact) mass is 277 g/mol. The summed E-state index contributed by atoms with van der Waals surface area (Å²) >= 11 is 0. The average molecular weight is 277 g/mol. The Labute approximate surface area is 119 Å². The minimum atomic E-state index is -0.588. The summed E-state index contributed by atoms with van der Waals surface area (Å²) in [6, 6.07) is 2.44. The Morgan fingerprint density at radius 2 is 2.25 bits per heavy atom. The lowest BCUT2D eigenvalue weighted by Gasteiger charge is -2.33. The number of carbonyl (C=O) groups is 1. The molecule has 0 aliphatic heterocycles. The van der Waals surface area contributed by atoms with Crippen molar-refractivity contribution < 1.29 is 9.53 Å². The van der Waals surface area contributed by atoms with E-state index in [1.807, 2.05) is 30.8 Å². The lowest BCUT2D eigenvalue weighted by atomic mass is 9.92. The Morgan fingerprint density at radius 1 is 1.50 bits per heavy atom. The molecule has 2 aliphatic carbocycles. The van der Waals surface area contributed by atoms with Gasteiger partial charge in [-0.05, 0) is 51.5 Å². The van der Waals surface area contributed by atoms with Crippen molar-refractivity contribution in [2.75, 3.05) is 6.61 Å². The van der Waals surface area contributed by atoms with Crippen molar-refractivity contribution in [1.82, 2.24) is 15.1 Å². The quantitative estimate of drug-likeness (QED) is 0.770. The minimum Gasteiger partial charge on any atom is -0.465 e. The van der Waals surface area contributed by atoms with Gasteiger partial charge in [0.15, 0.2) is 0 Å². The maximum Gasteiger partial charge on any atom is 0.328 e. The second kappa shape index (κ2) is 5.20. The first-order valence-electron chi connectivity index (χ1n) is 7.59. The summed E-state index contributed by atoms with van der Waals surface area (Å²) < 4.78 is 7.25. The lowest BCUT2D eigenvalue weighted by Crippen LogP contribution is -2.58. The molecule has 0 spiro atoms. The highest BCUT2D eigenvalue weighted by molar-refractivity contribution is 5.82. The van der Waals surface area contributed by atoms with Crippen molar-refractivity contribution in [3.05, 3.63) is 18.0 Å². The van der Waals surface area contributed by atoms with Crippen LogP contribution in [0.3, 0.4) is 0 Å². The number of carbonyl (C=O) groups excluding carboxylic acids is 1. The molecule has 1 aromatic heterocycles. The van der Waals surface area contributed by atoms with Gasteiger partial charge in [0.1, 0.15) is 5.54 Å². The Bertz CT molecular complexity index is 491. The first-order valence-corrected chi connectivity index (χ1v) is 7.59. The van der Waals surface area contributed by atoms with E-state index in [9.17, 15) is 4.79 Å². The van der Waals surface area contributed by atoms with E-state index in [0.29, 0.717) is 25.1 Å². The SMILES string of the molecule is CCOC(=O)C(Cn1ccc(C)n1)(NC1CC1)C1CC1. The van der Waals surface area contributed by atoms with Crippen LogP contribution in [0.1, 0.15) is 38.3 Å². The fourth-order valence-electron chi connectivity index (χ4n) is 2.82. The zero-order valence-electron chi connectivity index (χ0n) is 12.3. The van der Waals surface area contributed by atoms with E-state index in [-0.39, 0.29) is 5.97 Å². The molecular weight excluding hydrogens is 254 g/mol. The predicted molar refractivity (Wildman–Crippen MR) is 75.2 cm³/mol. The van der Waals surface area contributed by atoms with Crippen LogP contribution in [0.5, 0.6) is 0 Å². The third-order valence-corrected chi connectivity index (χ3v) is 4.14. The highest BCUT2D eigenvalue weighted by atomic mass is 16.5. The normalized spacial score (nSPS) is 21.5. The number of aryl methyl sites for hydroxylation is 1. The van der Waals surface area contributed by atoms with Crippen LogP contribution in [-0.2, 0) is 16.1 Å². The van der Waals surface area contributed by atoms with Crippen LogP contribution < -0.4 is 5.32 Å². The molecule has 1 atom stereocenters. The van der Waals surface area contributed by atoms with Crippen molar-refractivity contribution in [2.45, 2.75) is 57.7 Å². The highest BCUT2D eigenvalue weighted by Gasteiger charge is 2.54. The molecular formula is C15H23N3O2. The number of aromatic nitrogens is 2. The molecule has 0 aromatic carbocycles. The molecule has 1 heterocycles. The molecule has 1 N–H and O–H groups in total. The van der Waals surface area contributed by atoms with Crippen LogP contribution in [0.2, 0.25) is 0 Å². The van der Waals surface area contributed by atoms with Gasteiger partial charge >= 0.3 is 5.97 Å². The van der Waals surface area contributed by atoms with E-state index in [4.69, 9.17) is 4.74 Å². The zero-order valence-corrected chi connectivity index (χ0v) is 12.3. The molecule has 110 valence electrons. The van der Waals surface area contributed by atoms with Crippen molar-refractivity contribution in [1.29, 1.82) is 0 Å². The van der Waals surface area contributed by atoms with Gasteiger partial charge in [-0.25, -0.2) is 4.79 Å². The van der Waals surface area contributed by atoms with Gasteiger partial charge in [-0.1, -0.05) is 0 Å². The molecule has 2 saturated carbocycles. The first-order chi connectivity index (χ1) is 9.64. The topological polar surface area (TPSA) is 56.2 Å². The number of esters is 1. The summed E-state index contributed by atoms with van der Waals surface area (Å²) in [5.41, 5.74) is 0.389. The van der Waals surface area contributed by atoms with E-state index in [0.717, 1.165) is 31.4 Å². The number of nitrogens with zero attached hydrogens (tertiary/aromatic N) is 2. The fourth-order valence-corrected chi connectivity index (χ4v) is 2.82. The highest BCUT2D eigenvalue weighted by Crippen LogP contribution is 2.43. The number of hydrogen-bond acceptors (Lipinski definition) is 4. The number of nitrogens with one attached hydrogen (secondary N) is 1. The molecule has 0 amide bonds. The van der Waals surface area contributed by atoms with Gasteiger partial charge in [0.2, 0.25) is 0 Å². The van der Waals surface area contributed by atoms with Gasteiger partial charge in [0.05, 0.1) is 18.8 Å². The smallest absolute Gasteiger partial charge is 0.328 e. The zero-order chi connectivity index (χ0) is 14.2. The maximum atomic E-state index is 12.6. The van der Waals surface area contributed by atoms with E-state index < -0.39 is 5.54 Å². The molecule has 0 radical (unpaired) electrons. The number of rotatable bonds is 7. The Kier molecular flexibility index (Phi) is 3.54. The van der Waals surface area contributed by atoms with Gasteiger partial charge in [-0.3, -0.25) is 10.00 Å². The molecule has 2 fully saturated rings. The molecule has 0 bridgehead atoms. The molecule has 0 saturated heterocycles. The van der Waals surface area contributed by atoms with Crippen LogP contribution in [0.4, 0.5) is 0 Å². The Balaban J connectivity index is 1.85. The van der Waals surface area contributed by atoms with Crippen LogP contribution in [0.25, 0.3) is 0 Å². The van der Waals surface area contributed by atoms with Crippen molar-refractivity contribution in [3.8, 4) is 0 Å². The summed E-state index contributed by atoms with van der Waals surface area (Å²) in [4.78, 5) is 12.6. The van der Waals surface area contributed by atoms with Gasteiger partial charge in [-0.2, -0.15) is 5.10 Å². The molecule has 5 nitrogen and oxygen atoms in total. The minimum absolute atomic E-state index is 0.109. The maximum absolute atomic E-state index is 12.6. The van der Waals surface area contributed by atoms with E-state index in [1.165, 1.54) is 0 Å². The van der Waals surface area contributed by atoms with Gasteiger partial charge in [-0.15, -0.1) is 0 Å². The molecule has 1 aromatic rings. The molecule has 2 aliphatic rings. The van der Waals surface area contributed by atoms with E-state index >= 15 is 0 Å². The van der Waals surface area contributed by atoms with E-state index in [2.05, 4.69) is 10.4 Å². The first kappa shape index (κ1) is 13.6. The van der Waals surface area contributed by atoms with Gasteiger partial charge < -0.3 is 4.74 Å². The lowest BCUT2D eigenvalue weighted by molar-refractivity contribution is -0.153. The van der Waals surface area contributed by atoms with Gasteiger partial charge in [0.25, 0.3) is 0 Å². The van der Waals surface area contributed by atoms with E-state index in [1.54, 1.807) is 0 Å². The Hall–Kier alpha value is -1.36. The summed E-state index contributed by atoms with van der Waals surface area (Å²) in [7, 11) is 0. The number of hydrogen-bond donors (Lipinski definition) is 1. The van der Waals surface area contributed by atoms with Crippen molar-refractivity contribution in [2.24, 2.45) is 5.92 Å². The van der Waals surface area contributed by atoms with Crippen molar-refractivity contribution in [3.63, 3.8) is 0 Å². The fraction of sp³-hybridized carbons (Fsp3) is 0.733. The average Bonchev–Trinajstić information content (AvgIpc) is 3.30. The Morgan fingerprint density at radius 3 is 2.75 bits per heavy atom. The second-order valence-electron chi connectivity index (χ2n) is 6.04. The van der Waals surface area contributed by atoms with Crippen LogP contribution >= 0.6 is 0 Å². The number of ether oxygens (including phenoxy) is 1. The van der Waals surface area contributed by atoms with Crippen molar-refractivity contribution >= 4 is 5.97 Å². The third kappa shape index (κ3) is 2.73. The summed E-state index contributed by atoms with van der Waals surface area (Å²) in [6.07, 6.45) is 6.45. The van der Waals surface area contributed by atoms with Crippen LogP contribution in [0, 0.1) is 12.8 Å². The third-order valence-electron chi connectivity index (χ3n) is 4.14. The molecule has 3 rings (SSSR count). The van der Waals surface area contributed by atoms with Crippen LogP contribution in [-0.4, -0.2) is 33.9 Å². The molecule has 1 unspecified atom stereocenters. The molecule has 20 heavy (non-hydrogen) atoms. The summed E-state index contributed by atoms with van der Waals surface area (Å²) in [6.45, 7) is 4.83. The predicted octanol–water partition coefficient (Wildman–Crippen LogP) is 1.66. The van der Waals surface area contributed by atoms with Gasteiger partial charge in [0, 0.05) is 12.2 Å². The summed E-state index contributed by atoms with van der Waals surface area (Å²) in [5, 5.41) is 8.02. The van der Waals surface area contributed by atoms with Crippen LogP contribution in [0.15, 0.2) is 12.3 Å². The molecule has 5 heteroatoms. The summed E-state index contributed by atoms with van der Waals surface area (Å²) in [5.74, 6) is 0.272. The largest absolute Gasteiger partial charge is 0.465 e. The standard InChI is InChI=1S/C15H23N3O2/c1-3-20-14(19)15(12-4-5-12,16-13-6-7-13)10-18-9-8-11(2)17-18/h8-9,12-13,16H,3-7,10H2,1-2H3.